The van der Waals surface area contributed by atoms with Crippen LogP contribution in [0.25, 0.3) is 11.1 Å². The second kappa shape index (κ2) is 10.6. The Bertz CT molecular complexity index is 872. The van der Waals surface area contributed by atoms with Crippen molar-refractivity contribution in [1.29, 1.82) is 0 Å². The van der Waals surface area contributed by atoms with Gasteiger partial charge in [-0.1, -0.05) is 48.0 Å². The summed E-state index contributed by atoms with van der Waals surface area (Å²) < 4.78 is 18.9. The van der Waals surface area contributed by atoms with Crippen molar-refractivity contribution in [2.45, 2.75) is 31.5 Å². The molecule has 0 aliphatic rings. The summed E-state index contributed by atoms with van der Waals surface area (Å²) in [5, 5.41) is 11.7. The minimum absolute atomic E-state index is 0.0326. The standard InChI is InChI=1S/C21H21ClFNO5/c1-29-21(28)20(23)17(24-18(25)9-10-19(26)27)11-13-5-7-14(8-6-13)15-3-2-4-16(22)12-15/h2-8,12,17,20H,9-11H2,1H3,(H,24,25)(H,26,27)/t17-,20+/m1/s1. The quantitative estimate of drug-likeness (QED) is 0.605. The monoisotopic (exact) mass is 421 g/mol. The van der Waals surface area contributed by atoms with Gasteiger partial charge in [-0.3, -0.25) is 9.59 Å². The predicted molar refractivity (Wildman–Crippen MR) is 106 cm³/mol. The fourth-order valence-electron chi connectivity index (χ4n) is 2.76. The van der Waals surface area contributed by atoms with Crippen molar-refractivity contribution in [3.8, 4) is 11.1 Å². The Morgan fingerprint density at radius 3 is 2.38 bits per heavy atom. The minimum Gasteiger partial charge on any atom is -0.481 e. The summed E-state index contributed by atoms with van der Waals surface area (Å²) >= 11 is 6.00. The van der Waals surface area contributed by atoms with Crippen LogP contribution in [0.3, 0.4) is 0 Å². The summed E-state index contributed by atoms with van der Waals surface area (Å²) in [7, 11) is 1.05. The summed E-state index contributed by atoms with van der Waals surface area (Å²) in [6.07, 6.45) is -2.75. The Kier molecular flexibility index (Phi) is 8.15. The molecule has 0 radical (unpaired) electrons. The highest BCUT2D eigenvalue weighted by Crippen LogP contribution is 2.23. The maximum atomic E-state index is 14.5. The van der Waals surface area contributed by atoms with Gasteiger partial charge in [0, 0.05) is 11.4 Å². The highest BCUT2D eigenvalue weighted by Gasteiger charge is 2.30. The van der Waals surface area contributed by atoms with Crippen LogP contribution in [0.2, 0.25) is 5.02 Å². The third kappa shape index (κ3) is 6.87. The van der Waals surface area contributed by atoms with E-state index in [1.165, 1.54) is 0 Å². The number of hydrogen-bond acceptors (Lipinski definition) is 4. The minimum atomic E-state index is -2.08. The van der Waals surface area contributed by atoms with Gasteiger partial charge in [-0.2, -0.15) is 0 Å². The summed E-state index contributed by atoms with van der Waals surface area (Å²) in [4.78, 5) is 34.1. The molecule has 0 saturated carbocycles. The molecule has 8 heteroatoms. The fraction of sp³-hybridized carbons (Fsp3) is 0.286. The number of alkyl halides is 1. The number of halogens is 2. The van der Waals surface area contributed by atoms with Crippen LogP contribution in [0.4, 0.5) is 4.39 Å². The lowest BCUT2D eigenvalue weighted by molar-refractivity contribution is -0.148. The van der Waals surface area contributed by atoms with Crippen LogP contribution in [0, 0.1) is 0 Å². The van der Waals surface area contributed by atoms with Crippen LogP contribution in [0.5, 0.6) is 0 Å². The van der Waals surface area contributed by atoms with Gasteiger partial charge < -0.3 is 15.2 Å². The van der Waals surface area contributed by atoms with Gasteiger partial charge in [0.15, 0.2) is 0 Å². The van der Waals surface area contributed by atoms with Crippen LogP contribution in [-0.4, -0.2) is 42.3 Å². The molecule has 0 unspecified atom stereocenters. The summed E-state index contributed by atoms with van der Waals surface area (Å²) in [5.41, 5.74) is 2.51. The number of rotatable bonds is 9. The van der Waals surface area contributed by atoms with Crippen molar-refractivity contribution in [3.05, 3.63) is 59.1 Å². The number of aliphatic carboxylic acids is 1. The molecule has 2 N–H and O–H groups in total. The molecule has 0 fully saturated rings. The molecule has 6 nitrogen and oxygen atoms in total. The zero-order valence-corrected chi connectivity index (χ0v) is 16.5. The van der Waals surface area contributed by atoms with Gasteiger partial charge >= 0.3 is 11.9 Å². The molecule has 0 aromatic heterocycles. The number of methoxy groups -OCH3 is 1. The van der Waals surface area contributed by atoms with Crippen molar-refractivity contribution in [2.75, 3.05) is 7.11 Å². The number of carbonyl (C=O) groups excluding carboxylic acids is 2. The van der Waals surface area contributed by atoms with E-state index in [2.05, 4.69) is 10.1 Å². The number of carboxylic acid groups (broad SMARTS) is 1. The molecule has 0 heterocycles. The molecule has 2 rings (SSSR count). The summed E-state index contributed by atoms with van der Waals surface area (Å²) in [6.45, 7) is 0. The zero-order chi connectivity index (χ0) is 21.4. The first kappa shape index (κ1) is 22.4. The van der Waals surface area contributed by atoms with Crippen molar-refractivity contribution < 1.29 is 28.6 Å². The van der Waals surface area contributed by atoms with Crippen molar-refractivity contribution in [1.82, 2.24) is 5.32 Å². The number of carbonyl (C=O) groups is 3. The molecular weight excluding hydrogens is 401 g/mol. The molecule has 0 aliphatic heterocycles. The van der Waals surface area contributed by atoms with Gasteiger partial charge in [0.05, 0.1) is 19.6 Å². The van der Waals surface area contributed by atoms with E-state index in [0.717, 1.165) is 18.2 Å². The van der Waals surface area contributed by atoms with Crippen molar-refractivity contribution in [2.24, 2.45) is 0 Å². The first-order valence-corrected chi connectivity index (χ1v) is 9.26. The van der Waals surface area contributed by atoms with Crippen LogP contribution in [-0.2, 0) is 25.5 Å². The molecule has 2 aromatic carbocycles. The lowest BCUT2D eigenvalue weighted by atomic mass is 9.98. The Hall–Kier alpha value is -2.93. The van der Waals surface area contributed by atoms with E-state index in [0.29, 0.717) is 10.6 Å². The molecule has 0 aliphatic carbocycles. The van der Waals surface area contributed by atoms with E-state index >= 15 is 0 Å². The Labute approximate surface area is 172 Å². The molecule has 0 saturated heterocycles. The number of ether oxygens (including phenoxy) is 1. The molecule has 2 atom stereocenters. The van der Waals surface area contributed by atoms with E-state index in [1.807, 2.05) is 30.3 Å². The number of carboxylic acids is 1. The predicted octanol–water partition coefficient (Wildman–Crippen LogP) is 3.41. The van der Waals surface area contributed by atoms with Gasteiger partial charge in [0.2, 0.25) is 12.1 Å². The topological polar surface area (TPSA) is 92.7 Å². The molecule has 1 amide bonds. The van der Waals surface area contributed by atoms with Crippen molar-refractivity contribution in [3.63, 3.8) is 0 Å². The second-order valence-corrected chi connectivity index (χ2v) is 6.84. The van der Waals surface area contributed by atoms with Gasteiger partial charge in [-0.05, 0) is 35.2 Å². The number of benzene rings is 2. The van der Waals surface area contributed by atoms with Crippen LogP contribution >= 0.6 is 11.6 Å². The molecule has 0 spiro atoms. The number of hydrogen-bond donors (Lipinski definition) is 2. The summed E-state index contributed by atoms with van der Waals surface area (Å²) in [5.74, 6) is -2.90. The maximum Gasteiger partial charge on any atom is 0.342 e. The van der Waals surface area contributed by atoms with E-state index in [1.54, 1.807) is 18.2 Å². The van der Waals surface area contributed by atoms with E-state index < -0.39 is 30.1 Å². The number of esters is 1. The average molecular weight is 422 g/mol. The zero-order valence-electron chi connectivity index (χ0n) is 15.7. The van der Waals surface area contributed by atoms with Crippen molar-refractivity contribution >= 4 is 29.4 Å². The largest absolute Gasteiger partial charge is 0.481 e. The second-order valence-electron chi connectivity index (χ2n) is 6.40. The van der Waals surface area contributed by atoms with Crippen LogP contribution in [0.1, 0.15) is 18.4 Å². The highest BCUT2D eigenvalue weighted by molar-refractivity contribution is 6.30. The summed E-state index contributed by atoms with van der Waals surface area (Å²) in [6, 6.07) is 13.3. The molecule has 154 valence electrons. The Morgan fingerprint density at radius 1 is 1.10 bits per heavy atom. The van der Waals surface area contributed by atoms with E-state index in [9.17, 15) is 18.8 Å². The third-order valence-electron chi connectivity index (χ3n) is 4.26. The average Bonchev–Trinajstić information content (AvgIpc) is 2.71. The first-order valence-electron chi connectivity index (χ1n) is 8.88. The SMILES string of the molecule is COC(=O)[C@@H](F)[C@@H](Cc1ccc(-c2cccc(Cl)c2)cc1)NC(=O)CCC(=O)O. The normalized spacial score (nSPS) is 12.7. The highest BCUT2D eigenvalue weighted by atomic mass is 35.5. The van der Waals surface area contributed by atoms with Gasteiger partial charge in [-0.25, -0.2) is 9.18 Å². The van der Waals surface area contributed by atoms with Crippen LogP contribution < -0.4 is 5.32 Å². The Morgan fingerprint density at radius 2 is 1.79 bits per heavy atom. The van der Waals surface area contributed by atoms with Gasteiger partial charge in [0.25, 0.3) is 0 Å². The van der Waals surface area contributed by atoms with E-state index in [-0.39, 0.29) is 19.3 Å². The number of amides is 1. The smallest absolute Gasteiger partial charge is 0.342 e. The lowest BCUT2D eigenvalue weighted by Gasteiger charge is -2.21. The fourth-order valence-corrected chi connectivity index (χ4v) is 2.95. The van der Waals surface area contributed by atoms with Crippen LogP contribution in [0.15, 0.2) is 48.5 Å². The van der Waals surface area contributed by atoms with Gasteiger partial charge in [0.1, 0.15) is 0 Å². The molecular formula is C21H21ClFNO5. The number of nitrogens with one attached hydrogen (secondary N) is 1. The maximum absolute atomic E-state index is 14.5. The lowest BCUT2D eigenvalue weighted by Crippen LogP contribution is -2.46. The molecule has 2 aromatic rings. The van der Waals surface area contributed by atoms with Gasteiger partial charge in [-0.15, -0.1) is 0 Å². The van der Waals surface area contributed by atoms with E-state index in [4.69, 9.17) is 16.7 Å². The first-order chi connectivity index (χ1) is 13.8. The Balaban J connectivity index is 2.13. The molecule has 0 bridgehead atoms. The molecule has 29 heavy (non-hydrogen) atoms. The third-order valence-corrected chi connectivity index (χ3v) is 4.49.